The number of aliphatic hydroxyl groups excluding tert-OH is 1. The van der Waals surface area contributed by atoms with Crippen LogP contribution >= 0.6 is 0 Å². The molecule has 1 aromatic rings. The van der Waals surface area contributed by atoms with Gasteiger partial charge in [-0.25, -0.2) is 0 Å². The van der Waals surface area contributed by atoms with Crippen molar-refractivity contribution in [2.24, 2.45) is 11.8 Å². The maximum absolute atomic E-state index is 9.53. The first-order chi connectivity index (χ1) is 8.58. The van der Waals surface area contributed by atoms with Gasteiger partial charge in [-0.3, -0.25) is 0 Å². The summed E-state index contributed by atoms with van der Waals surface area (Å²) in [4.78, 5) is 2.33. The van der Waals surface area contributed by atoms with Gasteiger partial charge >= 0.3 is 0 Å². The first kappa shape index (κ1) is 13.5. The van der Waals surface area contributed by atoms with Gasteiger partial charge in [0.15, 0.2) is 6.29 Å². The molecule has 0 saturated carbocycles. The molecule has 0 bridgehead atoms. The van der Waals surface area contributed by atoms with Crippen LogP contribution in [0.5, 0.6) is 0 Å². The number of rotatable bonds is 4. The van der Waals surface area contributed by atoms with E-state index in [0.29, 0.717) is 12.0 Å². The van der Waals surface area contributed by atoms with Crippen LogP contribution in [0.15, 0.2) is 30.3 Å². The van der Waals surface area contributed by atoms with Gasteiger partial charge in [-0.2, -0.15) is 0 Å². The quantitative estimate of drug-likeness (QED) is 0.795. The van der Waals surface area contributed by atoms with E-state index in [4.69, 9.17) is 0 Å². The minimum atomic E-state index is -1.21. The molecule has 1 aliphatic heterocycles. The molecule has 0 radical (unpaired) electrons. The van der Waals surface area contributed by atoms with E-state index in [2.05, 4.69) is 30.9 Å². The molecular formula is C15H23NO2. The largest absolute Gasteiger partial charge is 0.368 e. The minimum Gasteiger partial charge on any atom is -0.368 e. The molecule has 100 valence electrons. The van der Waals surface area contributed by atoms with Crippen LogP contribution in [-0.4, -0.2) is 40.5 Å². The van der Waals surface area contributed by atoms with Crippen molar-refractivity contribution in [3.63, 3.8) is 0 Å². The Morgan fingerprint density at radius 2 is 1.83 bits per heavy atom. The zero-order chi connectivity index (χ0) is 13.1. The van der Waals surface area contributed by atoms with Gasteiger partial charge in [0.2, 0.25) is 0 Å². The Kier molecular flexibility index (Phi) is 4.38. The van der Waals surface area contributed by atoms with E-state index < -0.39 is 6.29 Å². The van der Waals surface area contributed by atoms with Crippen LogP contribution < -0.4 is 0 Å². The molecular weight excluding hydrogens is 226 g/mol. The van der Waals surface area contributed by atoms with Crippen molar-refractivity contribution in [3.05, 3.63) is 35.9 Å². The van der Waals surface area contributed by atoms with Crippen molar-refractivity contribution in [1.82, 2.24) is 4.90 Å². The topological polar surface area (TPSA) is 43.7 Å². The van der Waals surface area contributed by atoms with E-state index in [1.54, 1.807) is 0 Å². The van der Waals surface area contributed by atoms with E-state index in [1.165, 1.54) is 5.56 Å². The summed E-state index contributed by atoms with van der Waals surface area (Å²) in [5.41, 5.74) is 1.28. The third-order valence-corrected chi connectivity index (χ3v) is 3.97. The standard InChI is InChI=1S/C15H23NO2/c1-11(2)16-9-13(14(10-16)15(17)18)8-12-6-4-3-5-7-12/h3-7,11,13-15,17-18H,8-10H2,1-2H3. The summed E-state index contributed by atoms with van der Waals surface area (Å²) < 4.78 is 0. The second kappa shape index (κ2) is 5.83. The molecule has 1 fully saturated rings. The van der Waals surface area contributed by atoms with Crippen LogP contribution in [0.1, 0.15) is 19.4 Å². The Morgan fingerprint density at radius 1 is 1.17 bits per heavy atom. The van der Waals surface area contributed by atoms with Crippen molar-refractivity contribution in [3.8, 4) is 0 Å². The van der Waals surface area contributed by atoms with Gasteiger partial charge < -0.3 is 15.1 Å². The molecule has 0 spiro atoms. The Hall–Kier alpha value is -0.900. The number of nitrogens with zero attached hydrogens (tertiary/aromatic N) is 1. The predicted octanol–water partition coefficient (Wildman–Crippen LogP) is 1.50. The van der Waals surface area contributed by atoms with Gasteiger partial charge in [0.25, 0.3) is 0 Å². The highest BCUT2D eigenvalue weighted by Crippen LogP contribution is 2.29. The highest BCUT2D eigenvalue weighted by Gasteiger charge is 2.37. The molecule has 2 atom stereocenters. The van der Waals surface area contributed by atoms with Gasteiger partial charge in [0, 0.05) is 25.0 Å². The van der Waals surface area contributed by atoms with Gasteiger partial charge in [-0.15, -0.1) is 0 Å². The molecule has 0 aromatic heterocycles. The summed E-state index contributed by atoms with van der Waals surface area (Å²) in [7, 11) is 0. The maximum Gasteiger partial charge on any atom is 0.155 e. The molecule has 3 nitrogen and oxygen atoms in total. The smallest absolute Gasteiger partial charge is 0.155 e. The zero-order valence-electron chi connectivity index (χ0n) is 11.2. The van der Waals surface area contributed by atoms with E-state index in [0.717, 1.165) is 19.5 Å². The Bertz CT molecular complexity index is 364. The number of hydrogen-bond acceptors (Lipinski definition) is 3. The summed E-state index contributed by atoms with van der Waals surface area (Å²) >= 11 is 0. The Morgan fingerprint density at radius 3 is 2.39 bits per heavy atom. The van der Waals surface area contributed by atoms with Gasteiger partial charge in [-0.1, -0.05) is 30.3 Å². The lowest BCUT2D eigenvalue weighted by Crippen LogP contribution is -2.30. The highest BCUT2D eigenvalue weighted by molar-refractivity contribution is 5.16. The van der Waals surface area contributed by atoms with Crippen LogP contribution in [0.2, 0.25) is 0 Å². The lowest BCUT2D eigenvalue weighted by atomic mass is 9.89. The number of likely N-dealkylation sites (tertiary alicyclic amines) is 1. The first-order valence-electron chi connectivity index (χ1n) is 6.72. The second-order valence-corrected chi connectivity index (χ2v) is 5.57. The monoisotopic (exact) mass is 249 g/mol. The van der Waals surface area contributed by atoms with E-state index >= 15 is 0 Å². The number of hydrogen-bond donors (Lipinski definition) is 2. The number of benzene rings is 1. The molecule has 1 aliphatic rings. The van der Waals surface area contributed by atoms with Crippen LogP contribution in [0.25, 0.3) is 0 Å². The number of aliphatic hydroxyl groups is 2. The van der Waals surface area contributed by atoms with Gasteiger partial charge in [-0.05, 0) is 31.7 Å². The lowest BCUT2D eigenvalue weighted by molar-refractivity contribution is -0.0909. The summed E-state index contributed by atoms with van der Waals surface area (Å²) in [6.07, 6.45) is -0.283. The second-order valence-electron chi connectivity index (χ2n) is 5.57. The zero-order valence-corrected chi connectivity index (χ0v) is 11.2. The molecule has 3 heteroatoms. The third kappa shape index (κ3) is 3.10. The average molecular weight is 249 g/mol. The summed E-state index contributed by atoms with van der Waals surface area (Å²) in [5.74, 6) is 0.294. The normalized spacial score (nSPS) is 25.2. The van der Waals surface area contributed by atoms with Crippen LogP contribution in [0.3, 0.4) is 0 Å². The fraction of sp³-hybridized carbons (Fsp3) is 0.600. The summed E-state index contributed by atoms with van der Waals surface area (Å²) in [5, 5.41) is 19.1. The van der Waals surface area contributed by atoms with Crippen molar-refractivity contribution < 1.29 is 10.2 Å². The van der Waals surface area contributed by atoms with E-state index in [9.17, 15) is 10.2 Å². The summed E-state index contributed by atoms with van der Waals surface area (Å²) in [6, 6.07) is 10.8. The molecule has 18 heavy (non-hydrogen) atoms. The van der Waals surface area contributed by atoms with E-state index in [1.807, 2.05) is 18.2 Å². The predicted molar refractivity (Wildman–Crippen MR) is 72.1 cm³/mol. The molecule has 2 N–H and O–H groups in total. The van der Waals surface area contributed by atoms with E-state index in [-0.39, 0.29) is 5.92 Å². The van der Waals surface area contributed by atoms with Crippen molar-refractivity contribution >= 4 is 0 Å². The average Bonchev–Trinajstić information content (AvgIpc) is 2.74. The highest BCUT2D eigenvalue weighted by atomic mass is 16.5. The molecule has 1 saturated heterocycles. The first-order valence-corrected chi connectivity index (χ1v) is 6.72. The van der Waals surface area contributed by atoms with Crippen molar-refractivity contribution in [2.75, 3.05) is 13.1 Å². The molecule has 0 amide bonds. The summed E-state index contributed by atoms with van der Waals surface area (Å²) in [6.45, 7) is 6.05. The fourth-order valence-electron chi connectivity index (χ4n) is 2.82. The molecule has 1 heterocycles. The van der Waals surface area contributed by atoms with Crippen LogP contribution in [-0.2, 0) is 6.42 Å². The minimum absolute atomic E-state index is 0.0346. The molecule has 2 rings (SSSR count). The van der Waals surface area contributed by atoms with Crippen LogP contribution in [0, 0.1) is 11.8 Å². The Balaban J connectivity index is 2.05. The molecule has 2 unspecified atom stereocenters. The Labute approximate surface area is 109 Å². The third-order valence-electron chi connectivity index (χ3n) is 3.97. The van der Waals surface area contributed by atoms with Gasteiger partial charge in [0.1, 0.15) is 0 Å². The van der Waals surface area contributed by atoms with Crippen molar-refractivity contribution in [2.45, 2.75) is 32.6 Å². The molecule has 0 aliphatic carbocycles. The molecule has 1 aromatic carbocycles. The SMILES string of the molecule is CC(C)N1CC(Cc2ccccc2)C(C(O)O)C1. The van der Waals surface area contributed by atoms with Crippen molar-refractivity contribution in [1.29, 1.82) is 0 Å². The fourth-order valence-corrected chi connectivity index (χ4v) is 2.82. The lowest BCUT2D eigenvalue weighted by Gasteiger charge is -2.20. The van der Waals surface area contributed by atoms with Gasteiger partial charge in [0.05, 0.1) is 0 Å². The van der Waals surface area contributed by atoms with Crippen LogP contribution in [0.4, 0.5) is 0 Å². The maximum atomic E-state index is 9.53.